The summed E-state index contributed by atoms with van der Waals surface area (Å²) in [4.78, 5) is 22.7. The molecule has 0 aromatic heterocycles. The van der Waals surface area contributed by atoms with Crippen LogP contribution in [0.2, 0.25) is 0 Å². The second-order valence-electron chi connectivity index (χ2n) is 3.29. The first kappa shape index (κ1) is 12.9. The molecule has 7 heteroatoms. The molecule has 0 bridgehead atoms. The first-order valence-electron chi connectivity index (χ1n) is 4.71. The van der Waals surface area contributed by atoms with E-state index in [1.807, 2.05) is 0 Å². The van der Waals surface area contributed by atoms with Gasteiger partial charge >= 0.3 is 5.69 Å². The number of carbonyl (C=O) groups is 1. The fourth-order valence-corrected chi connectivity index (χ4v) is 1.33. The number of ether oxygens (including phenoxy) is 1. The van der Waals surface area contributed by atoms with Crippen molar-refractivity contribution in [2.75, 3.05) is 25.7 Å². The van der Waals surface area contributed by atoms with Crippen LogP contribution in [0.1, 0.15) is 0 Å². The number of amides is 1. The lowest BCUT2D eigenvalue weighted by molar-refractivity contribution is -0.385. The predicted molar refractivity (Wildman–Crippen MR) is 60.0 cm³/mol. The molecule has 0 saturated heterocycles. The molecular weight excluding hydrogens is 228 g/mol. The molecule has 1 aromatic carbocycles. The molecule has 0 aliphatic heterocycles. The molecule has 0 unspecified atom stereocenters. The third kappa shape index (κ3) is 2.70. The lowest BCUT2D eigenvalue weighted by atomic mass is 10.2. The standard InChI is InChI=1S/C10H12N2O5/c1-11(9(14)6-17-2)7-4-3-5-8(13)10(7)12(15)16/h3-5,13H,6H2,1-2H3. The van der Waals surface area contributed by atoms with Crippen LogP contribution in [0.25, 0.3) is 0 Å². The molecule has 1 aromatic rings. The Labute approximate surface area is 97.4 Å². The van der Waals surface area contributed by atoms with E-state index in [0.29, 0.717) is 0 Å². The Morgan fingerprint density at radius 1 is 1.59 bits per heavy atom. The molecule has 17 heavy (non-hydrogen) atoms. The van der Waals surface area contributed by atoms with Gasteiger partial charge in [0, 0.05) is 14.2 Å². The summed E-state index contributed by atoms with van der Waals surface area (Å²) in [6.45, 7) is -0.191. The smallest absolute Gasteiger partial charge is 0.334 e. The minimum absolute atomic E-state index is 0.0250. The Hall–Kier alpha value is -2.15. The van der Waals surface area contributed by atoms with Crippen LogP contribution in [0.15, 0.2) is 18.2 Å². The summed E-state index contributed by atoms with van der Waals surface area (Å²) >= 11 is 0. The molecule has 0 atom stereocenters. The van der Waals surface area contributed by atoms with E-state index in [1.165, 1.54) is 32.4 Å². The number of carbonyl (C=O) groups excluding carboxylic acids is 1. The number of phenols is 1. The van der Waals surface area contributed by atoms with Gasteiger partial charge in [0.15, 0.2) is 5.75 Å². The number of likely N-dealkylation sites (N-methyl/N-ethyl adjacent to an activating group) is 1. The minimum atomic E-state index is -0.735. The molecule has 0 fully saturated rings. The molecule has 1 amide bonds. The molecule has 7 nitrogen and oxygen atoms in total. The van der Waals surface area contributed by atoms with E-state index >= 15 is 0 Å². The molecule has 1 N–H and O–H groups in total. The average molecular weight is 240 g/mol. The van der Waals surface area contributed by atoms with Gasteiger partial charge < -0.3 is 14.7 Å². The highest BCUT2D eigenvalue weighted by molar-refractivity contribution is 5.96. The largest absolute Gasteiger partial charge is 0.502 e. The van der Waals surface area contributed by atoms with Gasteiger partial charge in [0.1, 0.15) is 12.3 Å². The highest BCUT2D eigenvalue weighted by Crippen LogP contribution is 2.35. The molecule has 0 heterocycles. The summed E-state index contributed by atoms with van der Waals surface area (Å²) in [6.07, 6.45) is 0. The fourth-order valence-electron chi connectivity index (χ4n) is 1.33. The van der Waals surface area contributed by atoms with Gasteiger partial charge in [-0.3, -0.25) is 14.9 Å². The monoisotopic (exact) mass is 240 g/mol. The lowest BCUT2D eigenvalue weighted by Crippen LogP contribution is -2.30. The SMILES string of the molecule is COCC(=O)N(C)c1cccc(O)c1[N+](=O)[O-]. The molecule has 0 saturated carbocycles. The van der Waals surface area contributed by atoms with Gasteiger partial charge in [0.25, 0.3) is 5.91 Å². The number of phenolic OH excluding ortho intramolecular Hbond substituents is 1. The number of nitro benzene ring substituents is 1. The number of hydrogen-bond acceptors (Lipinski definition) is 5. The van der Waals surface area contributed by atoms with Gasteiger partial charge in [-0.25, -0.2) is 0 Å². The van der Waals surface area contributed by atoms with Crippen molar-refractivity contribution in [1.29, 1.82) is 0 Å². The zero-order valence-corrected chi connectivity index (χ0v) is 9.41. The summed E-state index contributed by atoms with van der Waals surface area (Å²) in [5.74, 6) is -0.925. The highest BCUT2D eigenvalue weighted by Gasteiger charge is 2.24. The van der Waals surface area contributed by atoms with E-state index in [0.717, 1.165) is 4.90 Å². The van der Waals surface area contributed by atoms with Crippen molar-refractivity contribution in [3.8, 4) is 5.75 Å². The third-order valence-electron chi connectivity index (χ3n) is 2.18. The molecule has 92 valence electrons. The van der Waals surface area contributed by atoms with Gasteiger partial charge in [-0.1, -0.05) is 6.07 Å². The van der Waals surface area contributed by atoms with Crippen molar-refractivity contribution in [1.82, 2.24) is 0 Å². The van der Waals surface area contributed by atoms with Crippen LogP contribution in [0.3, 0.4) is 0 Å². The summed E-state index contributed by atoms with van der Waals surface area (Å²) in [5.41, 5.74) is -0.475. The van der Waals surface area contributed by atoms with Crippen LogP contribution in [0.4, 0.5) is 11.4 Å². The van der Waals surface area contributed by atoms with Gasteiger partial charge in [-0.2, -0.15) is 0 Å². The summed E-state index contributed by atoms with van der Waals surface area (Å²) in [6, 6.07) is 4.00. The van der Waals surface area contributed by atoms with Crippen LogP contribution >= 0.6 is 0 Å². The maximum Gasteiger partial charge on any atom is 0.334 e. The van der Waals surface area contributed by atoms with Crippen LogP contribution < -0.4 is 4.90 Å². The van der Waals surface area contributed by atoms with Crippen LogP contribution in [0.5, 0.6) is 5.75 Å². The fraction of sp³-hybridized carbons (Fsp3) is 0.300. The van der Waals surface area contributed by atoms with Crippen molar-refractivity contribution in [3.05, 3.63) is 28.3 Å². The lowest BCUT2D eigenvalue weighted by Gasteiger charge is -2.16. The number of anilines is 1. The Balaban J connectivity index is 3.17. The van der Waals surface area contributed by atoms with Crippen molar-refractivity contribution in [3.63, 3.8) is 0 Å². The molecular formula is C10H12N2O5. The van der Waals surface area contributed by atoms with Crippen molar-refractivity contribution in [2.45, 2.75) is 0 Å². The summed E-state index contributed by atoms with van der Waals surface area (Å²) < 4.78 is 4.65. The van der Waals surface area contributed by atoms with Crippen LogP contribution in [0, 0.1) is 10.1 Å². The van der Waals surface area contributed by atoms with Gasteiger partial charge in [0.05, 0.1) is 4.92 Å². The van der Waals surface area contributed by atoms with E-state index in [1.54, 1.807) is 0 Å². The number of hydrogen-bond donors (Lipinski definition) is 1. The maximum atomic E-state index is 11.5. The number of para-hydroxylation sites is 1. The van der Waals surface area contributed by atoms with Gasteiger partial charge in [0.2, 0.25) is 0 Å². The Morgan fingerprint density at radius 3 is 2.76 bits per heavy atom. The topological polar surface area (TPSA) is 92.9 Å². The summed E-state index contributed by atoms with van der Waals surface area (Å²) in [5, 5.41) is 20.2. The number of rotatable bonds is 4. The van der Waals surface area contributed by atoms with E-state index in [-0.39, 0.29) is 12.3 Å². The second-order valence-corrected chi connectivity index (χ2v) is 3.29. The quantitative estimate of drug-likeness (QED) is 0.623. The van der Waals surface area contributed by atoms with E-state index in [4.69, 9.17) is 0 Å². The average Bonchev–Trinajstić information content (AvgIpc) is 2.27. The normalized spacial score (nSPS) is 10.0. The second kappa shape index (κ2) is 5.26. The van der Waals surface area contributed by atoms with E-state index in [2.05, 4.69) is 4.74 Å². The Morgan fingerprint density at radius 2 is 2.24 bits per heavy atom. The molecule has 0 aliphatic carbocycles. The van der Waals surface area contributed by atoms with Gasteiger partial charge in [-0.05, 0) is 12.1 Å². The van der Waals surface area contributed by atoms with Crippen molar-refractivity contribution < 1.29 is 19.6 Å². The predicted octanol–water partition coefficient (Wildman–Crippen LogP) is 0.910. The van der Waals surface area contributed by atoms with E-state index in [9.17, 15) is 20.0 Å². The van der Waals surface area contributed by atoms with Crippen molar-refractivity contribution >= 4 is 17.3 Å². The number of methoxy groups -OCH3 is 1. The van der Waals surface area contributed by atoms with E-state index < -0.39 is 22.3 Å². The van der Waals surface area contributed by atoms with Crippen LogP contribution in [-0.2, 0) is 9.53 Å². The number of nitro groups is 1. The number of aromatic hydroxyl groups is 1. The number of benzene rings is 1. The Bertz CT molecular complexity index is 446. The highest BCUT2D eigenvalue weighted by atomic mass is 16.6. The van der Waals surface area contributed by atoms with Crippen molar-refractivity contribution in [2.24, 2.45) is 0 Å². The summed E-state index contributed by atoms with van der Waals surface area (Å²) in [7, 11) is 2.73. The van der Waals surface area contributed by atoms with Gasteiger partial charge in [-0.15, -0.1) is 0 Å². The zero-order valence-electron chi connectivity index (χ0n) is 9.41. The Kier molecular flexibility index (Phi) is 4.00. The molecule has 0 spiro atoms. The third-order valence-corrected chi connectivity index (χ3v) is 2.18. The first-order chi connectivity index (χ1) is 7.99. The molecule has 0 aliphatic rings. The maximum absolute atomic E-state index is 11.5. The molecule has 0 radical (unpaired) electrons. The minimum Gasteiger partial charge on any atom is -0.502 e. The zero-order chi connectivity index (χ0) is 13.0. The first-order valence-corrected chi connectivity index (χ1v) is 4.71. The number of nitrogens with zero attached hydrogens (tertiary/aromatic N) is 2. The van der Waals surface area contributed by atoms with Crippen LogP contribution in [-0.4, -0.2) is 36.7 Å². The molecule has 1 rings (SSSR count).